The van der Waals surface area contributed by atoms with Gasteiger partial charge in [0, 0.05) is 31.2 Å². The summed E-state index contributed by atoms with van der Waals surface area (Å²) in [7, 11) is 0. The molecule has 116 valence electrons. The summed E-state index contributed by atoms with van der Waals surface area (Å²) in [5.41, 5.74) is 6.97. The number of nitrogens with two attached hydrogens (primary N) is 1. The van der Waals surface area contributed by atoms with Crippen molar-refractivity contribution in [2.45, 2.75) is 25.4 Å². The second-order valence-corrected chi connectivity index (χ2v) is 6.03. The van der Waals surface area contributed by atoms with Gasteiger partial charge in [0.2, 0.25) is 5.95 Å². The van der Waals surface area contributed by atoms with Crippen LogP contribution in [-0.4, -0.2) is 34.0 Å². The van der Waals surface area contributed by atoms with E-state index in [0.29, 0.717) is 23.1 Å². The Morgan fingerprint density at radius 3 is 2.82 bits per heavy atom. The summed E-state index contributed by atoms with van der Waals surface area (Å²) < 4.78 is 0. The molecule has 0 amide bonds. The van der Waals surface area contributed by atoms with Crippen LogP contribution in [0.3, 0.4) is 0 Å². The third kappa shape index (κ3) is 3.48. The molecule has 5 nitrogen and oxygen atoms in total. The molecule has 0 spiro atoms. The minimum absolute atomic E-state index is 0.197. The fraction of sp³-hybridized carbons (Fsp3) is 0.375. The Morgan fingerprint density at radius 2 is 2.09 bits per heavy atom. The smallest absolute Gasteiger partial charge is 0.223 e. The molecule has 3 N–H and O–H groups in total. The van der Waals surface area contributed by atoms with Crippen molar-refractivity contribution in [3.8, 4) is 0 Å². The molecule has 1 saturated heterocycles. The number of nitrogens with zero attached hydrogens (tertiary/aromatic N) is 3. The van der Waals surface area contributed by atoms with Crippen molar-refractivity contribution in [2.24, 2.45) is 0 Å². The van der Waals surface area contributed by atoms with Gasteiger partial charge in [-0.1, -0.05) is 41.9 Å². The lowest BCUT2D eigenvalue weighted by Crippen LogP contribution is -2.28. The van der Waals surface area contributed by atoms with Gasteiger partial charge in [-0.25, -0.2) is 4.98 Å². The zero-order chi connectivity index (χ0) is 15.5. The Morgan fingerprint density at radius 1 is 1.32 bits per heavy atom. The molecule has 2 atom stereocenters. The minimum Gasteiger partial charge on any atom is -0.368 e. The molecule has 1 aliphatic heterocycles. The van der Waals surface area contributed by atoms with Gasteiger partial charge in [-0.05, 0) is 18.9 Å². The van der Waals surface area contributed by atoms with Gasteiger partial charge < -0.3 is 11.1 Å². The molecular weight excluding hydrogens is 298 g/mol. The average Bonchev–Trinajstić information content (AvgIpc) is 2.95. The number of benzene rings is 1. The zero-order valence-electron chi connectivity index (χ0n) is 12.5. The van der Waals surface area contributed by atoms with Crippen molar-refractivity contribution in [3.63, 3.8) is 0 Å². The summed E-state index contributed by atoms with van der Waals surface area (Å²) in [6, 6.07) is 13.0. The molecule has 1 aliphatic rings. The summed E-state index contributed by atoms with van der Waals surface area (Å²) >= 11 is 5.91. The molecule has 0 unspecified atom stereocenters. The summed E-state index contributed by atoms with van der Waals surface area (Å²) in [4.78, 5) is 10.5. The Labute approximate surface area is 135 Å². The van der Waals surface area contributed by atoms with Crippen molar-refractivity contribution in [3.05, 3.63) is 47.1 Å². The highest BCUT2D eigenvalue weighted by Gasteiger charge is 2.26. The standard InChI is InChI=1S/C16H20ClN5/c1-11(12-5-3-2-4-6-12)22-8-7-13(10-22)19-15-9-14(17)20-16(18)21-15/h2-6,9,11,13H,7-8,10H2,1H3,(H3,18,19,20,21)/t11-,13+/m0/s1. The van der Waals surface area contributed by atoms with E-state index in [0.717, 1.165) is 19.5 Å². The number of hydrogen-bond acceptors (Lipinski definition) is 5. The van der Waals surface area contributed by atoms with E-state index < -0.39 is 0 Å². The number of hydrogen-bond donors (Lipinski definition) is 2. The Balaban J connectivity index is 1.62. The van der Waals surface area contributed by atoms with Crippen LogP contribution in [0.4, 0.5) is 11.8 Å². The van der Waals surface area contributed by atoms with Gasteiger partial charge >= 0.3 is 0 Å². The molecule has 0 aliphatic carbocycles. The van der Waals surface area contributed by atoms with Gasteiger partial charge in [-0.2, -0.15) is 4.98 Å². The summed E-state index contributed by atoms with van der Waals surface area (Å²) in [5.74, 6) is 0.888. The molecule has 2 heterocycles. The van der Waals surface area contributed by atoms with Crippen LogP contribution < -0.4 is 11.1 Å². The maximum atomic E-state index is 5.91. The Hall–Kier alpha value is -1.85. The first-order valence-electron chi connectivity index (χ1n) is 7.47. The maximum Gasteiger partial charge on any atom is 0.223 e. The van der Waals surface area contributed by atoms with Gasteiger partial charge in [0.25, 0.3) is 0 Å². The summed E-state index contributed by atoms with van der Waals surface area (Å²) in [6.07, 6.45) is 1.07. The quantitative estimate of drug-likeness (QED) is 0.849. The number of nitrogen functional groups attached to an aromatic ring is 1. The average molecular weight is 318 g/mol. The molecule has 3 rings (SSSR count). The van der Waals surface area contributed by atoms with Gasteiger partial charge in [-0.3, -0.25) is 4.90 Å². The van der Waals surface area contributed by atoms with Crippen LogP contribution in [0.5, 0.6) is 0 Å². The van der Waals surface area contributed by atoms with Gasteiger partial charge in [-0.15, -0.1) is 0 Å². The number of likely N-dealkylation sites (tertiary alicyclic amines) is 1. The molecule has 2 aromatic rings. The largest absolute Gasteiger partial charge is 0.368 e. The molecule has 22 heavy (non-hydrogen) atoms. The van der Waals surface area contributed by atoms with E-state index in [-0.39, 0.29) is 5.95 Å². The monoisotopic (exact) mass is 317 g/mol. The topological polar surface area (TPSA) is 67.1 Å². The van der Waals surface area contributed by atoms with Crippen LogP contribution in [0.25, 0.3) is 0 Å². The SMILES string of the molecule is C[C@@H](c1ccccc1)N1CC[C@@H](Nc2cc(Cl)nc(N)n2)C1. The molecule has 1 aromatic carbocycles. The van der Waals surface area contributed by atoms with Crippen LogP contribution in [0, 0.1) is 0 Å². The number of anilines is 2. The predicted molar refractivity (Wildman–Crippen MR) is 89.9 cm³/mol. The fourth-order valence-corrected chi connectivity index (χ4v) is 3.11. The van der Waals surface area contributed by atoms with E-state index in [1.54, 1.807) is 6.07 Å². The van der Waals surface area contributed by atoms with Crippen molar-refractivity contribution >= 4 is 23.4 Å². The maximum absolute atomic E-state index is 5.91. The lowest BCUT2D eigenvalue weighted by atomic mass is 10.1. The van der Waals surface area contributed by atoms with Gasteiger partial charge in [0.1, 0.15) is 11.0 Å². The fourth-order valence-electron chi connectivity index (χ4n) is 2.92. The second-order valence-electron chi connectivity index (χ2n) is 5.65. The molecular formula is C16H20ClN5. The van der Waals surface area contributed by atoms with Crippen molar-refractivity contribution < 1.29 is 0 Å². The van der Waals surface area contributed by atoms with Crippen LogP contribution in [0.2, 0.25) is 5.15 Å². The number of aromatic nitrogens is 2. The van der Waals surface area contributed by atoms with E-state index in [4.69, 9.17) is 17.3 Å². The van der Waals surface area contributed by atoms with E-state index in [1.165, 1.54) is 5.56 Å². The highest BCUT2D eigenvalue weighted by atomic mass is 35.5. The molecule has 1 fully saturated rings. The van der Waals surface area contributed by atoms with Crippen molar-refractivity contribution in [1.82, 2.24) is 14.9 Å². The third-order valence-electron chi connectivity index (χ3n) is 4.11. The van der Waals surface area contributed by atoms with Crippen LogP contribution in [-0.2, 0) is 0 Å². The van der Waals surface area contributed by atoms with Crippen LogP contribution in [0.15, 0.2) is 36.4 Å². The molecule has 1 aromatic heterocycles. The van der Waals surface area contributed by atoms with Crippen LogP contribution in [0.1, 0.15) is 24.9 Å². The highest BCUT2D eigenvalue weighted by molar-refractivity contribution is 6.29. The Kier molecular flexibility index (Phi) is 4.45. The predicted octanol–water partition coefficient (Wildman–Crippen LogP) is 2.96. The lowest BCUT2D eigenvalue weighted by Gasteiger charge is -2.25. The van der Waals surface area contributed by atoms with E-state index in [1.807, 2.05) is 6.07 Å². The van der Waals surface area contributed by atoms with Crippen molar-refractivity contribution in [1.29, 1.82) is 0 Å². The van der Waals surface area contributed by atoms with E-state index in [9.17, 15) is 0 Å². The number of halogens is 1. The normalized spacial score (nSPS) is 20.0. The minimum atomic E-state index is 0.197. The van der Waals surface area contributed by atoms with Gasteiger partial charge in [0.15, 0.2) is 0 Å². The van der Waals surface area contributed by atoms with Crippen molar-refractivity contribution in [2.75, 3.05) is 24.1 Å². The highest BCUT2D eigenvalue weighted by Crippen LogP contribution is 2.26. The summed E-state index contributed by atoms with van der Waals surface area (Å²) in [5, 5.41) is 3.77. The number of rotatable bonds is 4. The molecule has 0 radical (unpaired) electrons. The summed E-state index contributed by atoms with van der Waals surface area (Å²) in [6.45, 7) is 4.27. The van der Waals surface area contributed by atoms with E-state index in [2.05, 4.69) is 51.4 Å². The first-order valence-corrected chi connectivity index (χ1v) is 7.85. The Bertz CT molecular complexity index is 613. The molecule has 6 heteroatoms. The first kappa shape index (κ1) is 15.1. The molecule has 0 saturated carbocycles. The lowest BCUT2D eigenvalue weighted by molar-refractivity contribution is 0.261. The third-order valence-corrected chi connectivity index (χ3v) is 4.31. The van der Waals surface area contributed by atoms with Gasteiger partial charge in [0.05, 0.1) is 0 Å². The number of nitrogens with one attached hydrogen (secondary N) is 1. The first-order chi connectivity index (χ1) is 10.6. The molecule has 0 bridgehead atoms. The van der Waals surface area contributed by atoms with Crippen LogP contribution >= 0.6 is 11.6 Å². The van der Waals surface area contributed by atoms with E-state index >= 15 is 0 Å². The second kappa shape index (κ2) is 6.50. The zero-order valence-corrected chi connectivity index (χ0v) is 13.3.